The fraction of sp³-hybridized carbons (Fsp3) is 0.375. The number of rotatable bonds is 3. The zero-order valence-corrected chi connectivity index (χ0v) is 12.8. The van der Waals surface area contributed by atoms with Crippen molar-refractivity contribution in [2.24, 2.45) is 5.92 Å². The van der Waals surface area contributed by atoms with E-state index < -0.39 is 0 Å². The number of benzene rings is 1. The van der Waals surface area contributed by atoms with Crippen molar-refractivity contribution in [2.75, 3.05) is 13.2 Å². The van der Waals surface area contributed by atoms with Crippen LogP contribution in [-0.4, -0.2) is 34.1 Å². The predicted octanol–water partition coefficient (Wildman–Crippen LogP) is 1.03. The fourth-order valence-electron chi connectivity index (χ4n) is 2.56. The van der Waals surface area contributed by atoms with Crippen LogP contribution in [0.5, 0.6) is 0 Å². The molecule has 1 aliphatic heterocycles. The molecule has 2 heterocycles. The van der Waals surface area contributed by atoms with Crippen LogP contribution >= 0.6 is 0 Å². The van der Waals surface area contributed by atoms with Gasteiger partial charge in [0.1, 0.15) is 0 Å². The molecule has 3 rings (SSSR count). The molecular formula is C16H17N5O2. The lowest BCUT2D eigenvalue weighted by Gasteiger charge is -2.15. The van der Waals surface area contributed by atoms with E-state index in [-0.39, 0.29) is 11.8 Å². The summed E-state index contributed by atoms with van der Waals surface area (Å²) in [5.41, 5.74) is 2.82. The van der Waals surface area contributed by atoms with Crippen LogP contribution in [0.15, 0.2) is 24.3 Å². The number of ether oxygens (including phenoxy) is 1. The second kappa shape index (κ2) is 6.58. The first-order valence-electron chi connectivity index (χ1n) is 7.42. The van der Waals surface area contributed by atoms with Gasteiger partial charge in [0.25, 0.3) is 5.91 Å². The van der Waals surface area contributed by atoms with Gasteiger partial charge in [0.2, 0.25) is 0 Å². The van der Waals surface area contributed by atoms with E-state index in [1.807, 2.05) is 17.7 Å². The summed E-state index contributed by atoms with van der Waals surface area (Å²) in [6.45, 7) is 4.10. The molecule has 0 fully saturated rings. The van der Waals surface area contributed by atoms with E-state index >= 15 is 0 Å². The molecule has 1 N–H and O–H groups in total. The molecule has 7 nitrogen and oxygen atoms in total. The summed E-state index contributed by atoms with van der Waals surface area (Å²) >= 11 is 0. The van der Waals surface area contributed by atoms with Crippen molar-refractivity contribution in [1.29, 1.82) is 5.26 Å². The highest BCUT2D eigenvalue weighted by Crippen LogP contribution is 2.14. The zero-order chi connectivity index (χ0) is 16.2. The van der Waals surface area contributed by atoms with Gasteiger partial charge in [0, 0.05) is 24.6 Å². The van der Waals surface area contributed by atoms with Crippen molar-refractivity contribution >= 4 is 5.91 Å². The van der Waals surface area contributed by atoms with Gasteiger partial charge in [0.05, 0.1) is 36.2 Å². The number of hydrogen-bond donors (Lipinski definition) is 1. The van der Waals surface area contributed by atoms with Gasteiger partial charge in [-0.15, -0.1) is 5.10 Å². The molecule has 23 heavy (non-hydrogen) atoms. The molecule has 0 bridgehead atoms. The highest BCUT2D eigenvalue weighted by atomic mass is 16.5. The molecule has 1 atom stereocenters. The molecule has 0 radical (unpaired) electrons. The van der Waals surface area contributed by atoms with E-state index in [1.54, 1.807) is 24.3 Å². The van der Waals surface area contributed by atoms with Crippen LogP contribution in [0.25, 0.3) is 0 Å². The summed E-state index contributed by atoms with van der Waals surface area (Å²) in [5, 5.41) is 19.9. The minimum Gasteiger partial charge on any atom is -0.375 e. The number of nitrogens with one attached hydrogen (secondary N) is 1. The summed E-state index contributed by atoms with van der Waals surface area (Å²) in [6.07, 6.45) is 0. The molecule has 0 saturated heterocycles. The van der Waals surface area contributed by atoms with Gasteiger partial charge in [-0.25, -0.2) is 4.68 Å². The Hall–Kier alpha value is -2.72. The van der Waals surface area contributed by atoms with Crippen LogP contribution in [0.4, 0.5) is 0 Å². The van der Waals surface area contributed by atoms with E-state index in [0.717, 1.165) is 11.4 Å². The van der Waals surface area contributed by atoms with Crippen molar-refractivity contribution in [1.82, 2.24) is 20.3 Å². The number of aryl methyl sites for hydroxylation is 1. The SMILES string of the molecule is Cc1nnn2c1COC[C@@H](CNC(=O)c1cccc(C#N)c1)C2. The van der Waals surface area contributed by atoms with Crippen LogP contribution in [0.1, 0.15) is 27.3 Å². The molecule has 7 heteroatoms. The first-order valence-corrected chi connectivity index (χ1v) is 7.42. The topological polar surface area (TPSA) is 92.8 Å². The Balaban J connectivity index is 1.62. The molecular weight excluding hydrogens is 294 g/mol. The second-order valence-corrected chi connectivity index (χ2v) is 5.59. The fourth-order valence-corrected chi connectivity index (χ4v) is 2.56. The Morgan fingerprint density at radius 1 is 1.57 bits per heavy atom. The van der Waals surface area contributed by atoms with Crippen molar-refractivity contribution in [3.63, 3.8) is 0 Å². The highest BCUT2D eigenvalue weighted by Gasteiger charge is 2.20. The summed E-state index contributed by atoms with van der Waals surface area (Å²) in [7, 11) is 0. The average molecular weight is 311 g/mol. The van der Waals surface area contributed by atoms with Crippen LogP contribution in [-0.2, 0) is 17.9 Å². The van der Waals surface area contributed by atoms with E-state index in [2.05, 4.69) is 15.6 Å². The van der Waals surface area contributed by atoms with Gasteiger partial charge < -0.3 is 10.1 Å². The maximum atomic E-state index is 12.2. The number of nitrogens with zero attached hydrogens (tertiary/aromatic N) is 4. The number of amides is 1. The lowest BCUT2D eigenvalue weighted by atomic mass is 10.1. The molecule has 0 spiro atoms. The summed E-state index contributed by atoms with van der Waals surface area (Å²) < 4.78 is 7.49. The average Bonchev–Trinajstić information content (AvgIpc) is 2.81. The van der Waals surface area contributed by atoms with Crippen molar-refractivity contribution in [3.05, 3.63) is 46.8 Å². The van der Waals surface area contributed by atoms with Crippen LogP contribution in [0.3, 0.4) is 0 Å². The maximum absolute atomic E-state index is 12.2. The summed E-state index contributed by atoms with van der Waals surface area (Å²) in [4.78, 5) is 12.2. The predicted molar refractivity (Wildman–Crippen MR) is 81.4 cm³/mol. The number of hydrogen-bond acceptors (Lipinski definition) is 5. The van der Waals surface area contributed by atoms with Crippen LogP contribution in [0.2, 0.25) is 0 Å². The van der Waals surface area contributed by atoms with Gasteiger partial charge in [-0.05, 0) is 25.1 Å². The minimum absolute atomic E-state index is 0.125. The summed E-state index contributed by atoms with van der Waals surface area (Å²) in [5.74, 6) is -0.0678. The first kappa shape index (κ1) is 15.2. The highest BCUT2D eigenvalue weighted by molar-refractivity contribution is 5.94. The molecule has 0 aliphatic carbocycles. The van der Waals surface area contributed by atoms with Gasteiger partial charge in [-0.1, -0.05) is 11.3 Å². The van der Waals surface area contributed by atoms with Crippen molar-refractivity contribution < 1.29 is 9.53 Å². The zero-order valence-electron chi connectivity index (χ0n) is 12.8. The Morgan fingerprint density at radius 2 is 2.43 bits per heavy atom. The molecule has 2 aromatic rings. The molecule has 1 aromatic heterocycles. The molecule has 0 saturated carbocycles. The Labute approximate surface area is 133 Å². The number of carbonyl (C=O) groups is 1. The number of aromatic nitrogens is 3. The van der Waals surface area contributed by atoms with Gasteiger partial charge >= 0.3 is 0 Å². The van der Waals surface area contributed by atoms with E-state index in [9.17, 15) is 4.79 Å². The lowest BCUT2D eigenvalue weighted by molar-refractivity contribution is 0.0850. The molecule has 1 amide bonds. The number of nitriles is 1. The van der Waals surface area contributed by atoms with Crippen LogP contribution in [0, 0.1) is 24.2 Å². The third-order valence-electron chi connectivity index (χ3n) is 3.86. The standard InChI is InChI=1S/C16H17N5O2/c1-11-15-10-23-9-13(8-21(15)20-19-11)7-18-16(22)14-4-2-3-12(5-14)6-17/h2-5,13H,7-10H2,1H3,(H,18,22)/t13-/m0/s1. The second-order valence-electron chi connectivity index (χ2n) is 5.59. The van der Waals surface area contributed by atoms with Crippen LogP contribution < -0.4 is 5.32 Å². The van der Waals surface area contributed by atoms with Crippen molar-refractivity contribution in [2.45, 2.75) is 20.1 Å². The third-order valence-corrected chi connectivity index (χ3v) is 3.86. The van der Waals surface area contributed by atoms with Gasteiger partial charge in [-0.2, -0.15) is 5.26 Å². The molecule has 0 unspecified atom stereocenters. The quantitative estimate of drug-likeness (QED) is 0.914. The van der Waals surface area contributed by atoms with E-state index in [1.165, 1.54) is 0 Å². The number of carbonyl (C=O) groups excluding carboxylic acids is 1. The van der Waals surface area contributed by atoms with E-state index in [4.69, 9.17) is 10.00 Å². The lowest BCUT2D eigenvalue weighted by Crippen LogP contribution is -2.33. The third kappa shape index (κ3) is 3.38. The smallest absolute Gasteiger partial charge is 0.251 e. The molecule has 1 aliphatic rings. The maximum Gasteiger partial charge on any atom is 0.251 e. The Morgan fingerprint density at radius 3 is 3.26 bits per heavy atom. The largest absolute Gasteiger partial charge is 0.375 e. The normalized spacial score (nSPS) is 17.0. The molecule has 118 valence electrons. The monoisotopic (exact) mass is 311 g/mol. The first-order chi connectivity index (χ1) is 11.2. The van der Waals surface area contributed by atoms with Gasteiger partial charge in [-0.3, -0.25) is 4.79 Å². The summed E-state index contributed by atoms with van der Waals surface area (Å²) in [6, 6.07) is 8.68. The van der Waals surface area contributed by atoms with Gasteiger partial charge in [0.15, 0.2) is 0 Å². The number of fused-ring (bicyclic) bond motifs is 1. The van der Waals surface area contributed by atoms with Crippen molar-refractivity contribution in [3.8, 4) is 6.07 Å². The Kier molecular flexibility index (Phi) is 4.35. The minimum atomic E-state index is -0.193. The molecule has 1 aromatic carbocycles. The Bertz CT molecular complexity index is 762. The van der Waals surface area contributed by atoms with E-state index in [0.29, 0.717) is 37.4 Å².